The van der Waals surface area contributed by atoms with Gasteiger partial charge >= 0.3 is 0 Å². The summed E-state index contributed by atoms with van der Waals surface area (Å²) < 4.78 is 28.9. The van der Waals surface area contributed by atoms with E-state index in [1.54, 1.807) is 25.6 Å². The van der Waals surface area contributed by atoms with Crippen LogP contribution in [0, 0.1) is 19.8 Å². The number of aliphatic hydroxyl groups excluding tert-OH is 1. The highest BCUT2D eigenvalue weighted by molar-refractivity contribution is 7.89. The van der Waals surface area contributed by atoms with Gasteiger partial charge in [-0.25, -0.2) is 13.1 Å². The molecule has 0 spiro atoms. The van der Waals surface area contributed by atoms with E-state index in [1.807, 2.05) is 0 Å². The van der Waals surface area contributed by atoms with Gasteiger partial charge in [-0.3, -0.25) is 4.68 Å². The third kappa shape index (κ3) is 3.64. The average Bonchev–Trinajstić information content (AvgIpc) is 2.71. The molecule has 0 bridgehead atoms. The molecule has 0 aliphatic heterocycles. The van der Waals surface area contributed by atoms with Gasteiger partial charge in [0.2, 0.25) is 10.0 Å². The molecule has 1 aliphatic rings. The summed E-state index contributed by atoms with van der Waals surface area (Å²) in [5.41, 5.74) is 1.09. The van der Waals surface area contributed by atoms with E-state index in [0.717, 1.165) is 25.7 Å². The summed E-state index contributed by atoms with van der Waals surface area (Å²) >= 11 is 0. The standard InChI is InChI=1S/C14H25N3O3S/c1-10-14(11(2)17(3)16-10)21(19,20)15-9-13(18)12-7-5-4-6-8-12/h12-13,15,18H,4-9H2,1-3H3/t13-/m0/s1. The Hall–Kier alpha value is -0.920. The van der Waals surface area contributed by atoms with Crippen LogP contribution in [0.1, 0.15) is 43.5 Å². The van der Waals surface area contributed by atoms with E-state index in [9.17, 15) is 13.5 Å². The lowest BCUT2D eigenvalue weighted by atomic mass is 9.85. The molecule has 0 unspecified atom stereocenters. The number of aliphatic hydroxyl groups is 1. The number of sulfonamides is 1. The van der Waals surface area contributed by atoms with E-state index in [4.69, 9.17) is 0 Å². The van der Waals surface area contributed by atoms with E-state index in [0.29, 0.717) is 11.4 Å². The molecule has 0 amide bonds. The second-order valence-electron chi connectivity index (χ2n) is 5.94. The highest BCUT2D eigenvalue weighted by Gasteiger charge is 2.27. The predicted octanol–water partition coefficient (Wildman–Crippen LogP) is 1.26. The predicted molar refractivity (Wildman–Crippen MR) is 80.5 cm³/mol. The summed E-state index contributed by atoms with van der Waals surface area (Å²) in [7, 11) is -1.91. The zero-order chi connectivity index (χ0) is 15.6. The molecule has 2 rings (SSSR count). The van der Waals surface area contributed by atoms with Crippen molar-refractivity contribution in [3.8, 4) is 0 Å². The van der Waals surface area contributed by atoms with Crippen molar-refractivity contribution in [1.82, 2.24) is 14.5 Å². The zero-order valence-corrected chi connectivity index (χ0v) is 13.8. The smallest absolute Gasteiger partial charge is 0.244 e. The van der Waals surface area contributed by atoms with Crippen molar-refractivity contribution in [3.05, 3.63) is 11.4 Å². The lowest BCUT2D eigenvalue weighted by molar-refractivity contribution is 0.0888. The third-order valence-corrected chi connectivity index (χ3v) is 6.06. The monoisotopic (exact) mass is 315 g/mol. The van der Waals surface area contributed by atoms with E-state index < -0.39 is 16.1 Å². The molecule has 0 aromatic carbocycles. The molecule has 6 nitrogen and oxygen atoms in total. The van der Waals surface area contributed by atoms with Gasteiger partial charge in [0.15, 0.2) is 0 Å². The average molecular weight is 315 g/mol. The van der Waals surface area contributed by atoms with Crippen LogP contribution in [-0.2, 0) is 17.1 Å². The number of rotatable bonds is 5. The molecular formula is C14H25N3O3S. The maximum absolute atomic E-state index is 12.4. The molecule has 120 valence electrons. The Kier molecular flexibility index (Phi) is 5.06. The molecule has 1 aliphatic carbocycles. The molecule has 1 atom stereocenters. The van der Waals surface area contributed by atoms with Gasteiger partial charge in [0, 0.05) is 13.6 Å². The largest absolute Gasteiger partial charge is 0.391 e. The first-order valence-corrected chi connectivity index (χ1v) is 8.99. The molecule has 0 radical (unpaired) electrons. The Balaban J connectivity index is 2.04. The van der Waals surface area contributed by atoms with Gasteiger partial charge in [-0.05, 0) is 32.6 Å². The highest BCUT2D eigenvalue weighted by Crippen LogP contribution is 2.26. The Labute approximate surface area is 126 Å². The summed E-state index contributed by atoms with van der Waals surface area (Å²) in [6.07, 6.45) is 4.80. The number of hydrogen-bond donors (Lipinski definition) is 2. The first-order chi connectivity index (χ1) is 9.83. The fourth-order valence-corrected chi connectivity index (χ4v) is 4.58. The Morgan fingerprint density at radius 3 is 2.48 bits per heavy atom. The van der Waals surface area contributed by atoms with Gasteiger partial charge in [-0.1, -0.05) is 19.3 Å². The molecular weight excluding hydrogens is 290 g/mol. The summed E-state index contributed by atoms with van der Waals surface area (Å²) in [4.78, 5) is 0.223. The lowest BCUT2D eigenvalue weighted by Gasteiger charge is -2.26. The summed E-state index contributed by atoms with van der Waals surface area (Å²) in [5, 5.41) is 14.3. The maximum atomic E-state index is 12.4. The van der Waals surface area contributed by atoms with Crippen LogP contribution >= 0.6 is 0 Å². The van der Waals surface area contributed by atoms with Crippen molar-refractivity contribution in [1.29, 1.82) is 0 Å². The topological polar surface area (TPSA) is 84.2 Å². The van der Waals surface area contributed by atoms with Crippen molar-refractivity contribution in [2.45, 2.75) is 57.0 Å². The quantitative estimate of drug-likeness (QED) is 0.856. The van der Waals surface area contributed by atoms with Crippen molar-refractivity contribution < 1.29 is 13.5 Å². The Morgan fingerprint density at radius 1 is 1.33 bits per heavy atom. The molecule has 1 aromatic rings. The molecule has 1 aromatic heterocycles. The van der Waals surface area contributed by atoms with Crippen LogP contribution < -0.4 is 4.72 Å². The Bertz CT molecular complexity index is 589. The zero-order valence-electron chi connectivity index (χ0n) is 13.0. The second-order valence-corrected chi connectivity index (χ2v) is 7.64. The van der Waals surface area contributed by atoms with E-state index in [-0.39, 0.29) is 17.4 Å². The summed E-state index contributed by atoms with van der Waals surface area (Å²) in [6.45, 7) is 3.48. The highest BCUT2D eigenvalue weighted by atomic mass is 32.2. The van der Waals surface area contributed by atoms with Gasteiger partial charge in [-0.15, -0.1) is 0 Å². The maximum Gasteiger partial charge on any atom is 0.244 e. The SMILES string of the molecule is Cc1nn(C)c(C)c1S(=O)(=O)NC[C@H](O)C1CCCCC1. The van der Waals surface area contributed by atoms with Crippen molar-refractivity contribution in [2.75, 3.05) is 6.54 Å². The van der Waals surface area contributed by atoms with Crippen LogP contribution in [0.5, 0.6) is 0 Å². The van der Waals surface area contributed by atoms with E-state index in [2.05, 4.69) is 9.82 Å². The second kappa shape index (κ2) is 6.46. The van der Waals surface area contributed by atoms with Gasteiger partial charge in [0.1, 0.15) is 4.90 Å². The number of aromatic nitrogens is 2. The first kappa shape index (κ1) is 16.5. The minimum absolute atomic E-state index is 0.0702. The fraction of sp³-hybridized carbons (Fsp3) is 0.786. The van der Waals surface area contributed by atoms with E-state index >= 15 is 0 Å². The number of aryl methyl sites for hydroxylation is 2. The van der Waals surface area contributed by atoms with Gasteiger partial charge in [0.05, 0.1) is 17.5 Å². The summed E-state index contributed by atoms with van der Waals surface area (Å²) in [6, 6.07) is 0. The lowest BCUT2D eigenvalue weighted by Crippen LogP contribution is -2.37. The first-order valence-electron chi connectivity index (χ1n) is 7.51. The Morgan fingerprint density at radius 2 is 1.95 bits per heavy atom. The van der Waals surface area contributed by atoms with Gasteiger partial charge in [0.25, 0.3) is 0 Å². The van der Waals surface area contributed by atoms with Crippen LogP contribution in [-0.4, -0.2) is 36.0 Å². The van der Waals surface area contributed by atoms with Crippen molar-refractivity contribution in [2.24, 2.45) is 13.0 Å². The fourth-order valence-electron chi connectivity index (χ4n) is 3.10. The van der Waals surface area contributed by atoms with Crippen LogP contribution in [0.15, 0.2) is 4.90 Å². The minimum Gasteiger partial charge on any atom is -0.391 e. The van der Waals surface area contributed by atoms with Crippen molar-refractivity contribution >= 4 is 10.0 Å². The number of nitrogens with one attached hydrogen (secondary N) is 1. The van der Waals surface area contributed by atoms with E-state index in [1.165, 1.54) is 6.42 Å². The van der Waals surface area contributed by atoms with Gasteiger partial charge < -0.3 is 5.11 Å². The van der Waals surface area contributed by atoms with Crippen LogP contribution in [0.4, 0.5) is 0 Å². The number of nitrogens with zero attached hydrogens (tertiary/aromatic N) is 2. The molecule has 1 heterocycles. The molecule has 0 saturated heterocycles. The minimum atomic E-state index is -3.63. The summed E-state index contributed by atoms with van der Waals surface area (Å²) in [5.74, 6) is 0.206. The molecule has 21 heavy (non-hydrogen) atoms. The molecule has 2 N–H and O–H groups in total. The van der Waals surface area contributed by atoms with Crippen LogP contribution in [0.3, 0.4) is 0 Å². The van der Waals surface area contributed by atoms with Crippen LogP contribution in [0.25, 0.3) is 0 Å². The normalized spacial score (nSPS) is 18.9. The van der Waals surface area contributed by atoms with Gasteiger partial charge in [-0.2, -0.15) is 5.10 Å². The molecule has 1 fully saturated rings. The molecule has 1 saturated carbocycles. The third-order valence-electron chi connectivity index (χ3n) is 4.39. The van der Waals surface area contributed by atoms with Crippen LogP contribution in [0.2, 0.25) is 0 Å². The molecule has 7 heteroatoms. The number of hydrogen-bond acceptors (Lipinski definition) is 4. The van der Waals surface area contributed by atoms with Crippen molar-refractivity contribution in [3.63, 3.8) is 0 Å².